The summed E-state index contributed by atoms with van der Waals surface area (Å²) < 4.78 is 2.10. The van der Waals surface area contributed by atoms with Crippen molar-refractivity contribution in [2.45, 2.75) is 53.1 Å². The van der Waals surface area contributed by atoms with Gasteiger partial charge in [0.1, 0.15) is 0 Å². The Morgan fingerprint density at radius 3 is 2.48 bits per heavy atom. The number of nitrogens with one attached hydrogen (secondary N) is 2. The summed E-state index contributed by atoms with van der Waals surface area (Å²) in [5.74, 6) is -1.05. The fourth-order valence-corrected chi connectivity index (χ4v) is 6.06. The number of nitrogens with zero attached hydrogens (tertiary/aromatic N) is 3. The summed E-state index contributed by atoms with van der Waals surface area (Å²) in [6.45, 7) is 10.4. The number of carboxylic acid groups (broad SMARTS) is 1. The molecule has 1 saturated heterocycles. The Hall–Kier alpha value is -4.50. The SMILES string of the molecule is Cc1ccc(C)c(NC(=O)CCN2C(=S)NC(c3ccccn3)C2c2cc(C)n(-c3cc(C(=O)O)ccc3C)c2C)c1. The Bertz CT molecular complexity index is 1680. The normalized spacial score (nSPS) is 16.4. The first-order chi connectivity index (χ1) is 20.0. The summed E-state index contributed by atoms with van der Waals surface area (Å²) >= 11 is 5.84. The Kier molecular flexibility index (Phi) is 8.13. The highest BCUT2D eigenvalue weighted by molar-refractivity contribution is 7.80. The van der Waals surface area contributed by atoms with Crippen molar-refractivity contribution in [2.75, 3.05) is 11.9 Å². The van der Waals surface area contributed by atoms with E-state index >= 15 is 0 Å². The van der Waals surface area contributed by atoms with Gasteiger partial charge in [-0.1, -0.05) is 24.3 Å². The molecule has 0 radical (unpaired) electrons. The molecule has 1 aliphatic heterocycles. The first kappa shape index (κ1) is 29.0. The van der Waals surface area contributed by atoms with E-state index in [-0.39, 0.29) is 30.0 Å². The van der Waals surface area contributed by atoms with Gasteiger partial charge in [0.25, 0.3) is 0 Å². The largest absolute Gasteiger partial charge is 0.478 e. The van der Waals surface area contributed by atoms with Crippen LogP contribution in [0.5, 0.6) is 0 Å². The molecular weight excluding hydrogens is 546 g/mol. The van der Waals surface area contributed by atoms with Gasteiger partial charge >= 0.3 is 5.97 Å². The molecule has 216 valence electrons. The number of hydrogen-bond acceptors (Lipinski definition) is 4. The number of carbonyl (C=O) groups is 2. The molecule has 0 saturated carbocycles. The molecule has 0 aliphatic carbocycles. The molecule has 5 rings (SSSR count). The first-order valence-corrected chi connectivity index (χ1v) is 14.3. The van der Waals surface area contributed by atoms with Gasteiger partial charge in [0.15, 0.2) is 5.11 Å². The third-order valence-corrected chi connectivity index (χ3v) is 8.28. The number of thiocarbonyl (C=S) groups is 1. The molecule has 42 heavy (non-hydrogen) atoms. The van der Waals surface area contributed by atoms with Gasteiger partial charge in [0, 0.05) is 41.9 Å². The van der Waals surface area contributed by atoms with Crippen LogP contribution in [0.1, 0.15) is 68.2 Å². The summed E-state index contributed by atoms with van der Waals surface area (Å²) in [5, 5.41) is 16.7. The van der Waals surface area contributed by atoms with E-state index in [0.717, 1.165) is 50.7 Å². The zero-order valence-corrected chi connectivity index (χ0v) is 25.2. The van der Waals surface area contributed by atoms with Gasteiger partial charge in [-0.3, -0.25) is 9.78 Å². The second kappa shape index (κ2) is 11.8. The van der Waals surface area contributed by atoms with Crippen LogP contribution in [0.4, 0.5) is 5.69 Å². The van der Waals surface area contributed by atoms with Crippen LogP contribution in [-0.4, -0.2) is 43.1 Å². The van der Waals surface area contributed by atoms with E-state index in [0.29, 0.717) is 11.7 Å². The molecule has 2 atom stereocenters. The fraction of sp³-hybridized carbons (Fsp3) is 0.273. The highest BCUT2D eigenvalue weighted by atomic mass is 32.1. The van der Waals surface area contributed by atoms with E-state index in [1.807, 2.05) is 77.1 Å². The maximum Gasteiger partial charge on any atom is 0.335 e. The van der Waals surface area contributed by atoms with Crippen LogP contribution in [0.3, 0.4) is 0 Å². The van der Waals surface area contributed by atoms with E-state index < -0.39 is 5.97 Å². The quantitative estimate of drug-likeness (QED) is 0.216. The number of carbonyl (C=O) groups excluding carboxylic acids is 1. The number of aromatic nitrogens is 2. The van der Waals surface area contributed by atoms with Gasteiger partial charge in [-0.2, -0.15) is 0 Å². The van der Waals surface area contributed by atoms with Crippen LogP contribution >= 0.6 is 12.2 Å². The number of amides is 1. The van der Waals surface area contributed by atoms with Crippen LogP contribution in [0.15, 0.2) is 66.9 Å². The molecule has 9 heteroatoms. The van der Waals surface area contributed by atoms with Crippen molar-refractivity contribution in [1.29, 1.82) is 0 Å². The second-order valence-electron chi connectivity index (χ2n) is 10.9. The molecule has 3 N–H and O–H groups in total. The maximum atomic E-state index is 13.1. The topological polar surface area (TPSA) is 99.5 Å². The molecule has 8 nitrogen and oxygen atoms in total. The van der Waals surface area contributed by atoms with Crippen LogP contribution in [0.25, 0.3) is 5.69 Å². The van der Waals surface area contributed by atoms with E-state index in [4.69, 9.17) is 12.2 Å². The first-order valence-electron chi connectivity index (χ1n) is 13.9. The maximum absolute atomic E-state index is 13.1. The van der Waals surface area contributed by atoms with Crippen molar-refractivity contribution < 1.29 is 14.7 Å². The Labute approximate surface area is 251 Å². The fourth-order valence-electron chi connectivity index (χ4n) is 5.73. The number of aromatic carboxylic acids is 1. The van der Waals surface area contributed by atoms with Crippen LogP contribution in [0, 0.1) is 34.6 Å². The highest BCUT2D eigenvalue weighted by Crippen LogP contribution is 2.41. The number of carboxylic acids is 1. The smallest absolute Gasteiger partial charge is 0.335 e. The minimum atomic E-state index is -0.968. The van der Waals surface area contributed by atoms with E-state index in [2.05, 4.69) is 31.2 Å². The lowest BCUT2D eigenvalue weighted by Crippen LogP contribution is -2.33. The lowest BCUT2D eigenvalue weighted by molar-refractivity contribution is -0.116. The number of aryl methyl sites for hydroxylation is 4. The minimum Gasteiger partial charge on any atom is -0.478 e. The van der Waals surface area contributed by atoms with Crippen molar-refractivity contribution in [2.24, 2.45) is 0 Å². The molecule has 2 aromatic heterocycles. The average molecular weight is 582 g/mol. The monoisotopic (exact) mass is 581 g/mol. The van der Waals surface area contributed by atoms with E-state index in [1.165, 1.54) is 0 Å². The third-order valence-electron chi connectivity index (χ3n) is 7.93. The Morgan fingerprint density at radius 1 is 1.00 bits per heavy atom. The van der Waals surface area contributed by atoms with Gasteiger partial charge in [-0.15, -0.1) is 0 Å². The van der Waals surface area contributed by atoms with Crippen LogP contribution in [-0.2, 0) is 4.79 Å². The molecule has 2 aromatic carbocycles. The lowest BCUT2D eigenvalue weighted by Gasteiger charge is -2.28. The van der Waals surface area contributed by atoms with Gasteiger partial charge < -0.3 is 25.2 Å². The van der Waals surface area contributed by atoms with E-state index in [1.54, 1.807) is 18.3 Å². The summed E-state index contributed by atoms with van der Waals surface area (Å²) in [5.41, 5.74) is 8.75. The summed E-state index contributed by atoms with van der Waals surface area (Å²) in [4.78, 5) is 31.6. The molecule has 1 fully saturated rings. The van der Waals surface area contributed by atoms with Crippen molar-refractivity contribution in [3.63, 3.8) is 0 Å². The molecular formula is C33H35N5O3S. The molecule has 0 spiro atoms. The predicted octanol–water partition coefficient (Wildman–Crippen LogP) is 6.11. The number of rotatable bonds is 8. The minimum absolute atomic E-state index is 0.0851. The van der Waals surface area contributed by atoms with Crippen molar-refractivity contribution in [3.05, 3.63) is 112 Å². The zero-order valence-electron chi connectivity index (χ0n) is 24.4. The van der Waals surface area contributed by atoms with Gasteiger partial charge in [-0.25, -0.2) is 4.79 Å². The molecule has 4 aromatic rings. The van der Waals surface area contributed by atoms with Crippen LogP contribution < -0.4 is 10.6 Å². The molecule has 2 unspecified atom stereocenters. The second-order valence-corrected chi connectivity index (χ2v) is 11.3. The summed E-state index contributed by atoms with van der Waals surface area (Å²) in [7, 11) is 0. The Morgan fingerprint density at radius 2 is 1.76 bits per heavy atom. The van der Waals surface area contributed by atoms with Gasteiger partial charge in [0.05, 0.1) is 23.3 Å². The molecule has 1 amide bonds. The Balaban J connectivity index is 1.51. The summed E-state index contributed by atoms with van der Waals surface area (Å²) in [6, 6.07) is 18.6. The summed E-state index contributed by atoms with van der Waals surface area (Å²) in [6.07, 6.45) is 2.01. The van der Waals surface area contributed by atoms with Crippen molar-refractivity contribution in [3.8, 4) is 5.69 Å². The number of hydrogen-bond donors (Lipinski definition) is 3. The van der Waals surface area contributed by atoms with Crippen molar-refractivity contribution >= 4 is 34.9 Å². The lowest BCUT2D eigenvalue weighted by atomic mass is 9.96. The third kappa shape index (κ3) is 5.65. The van der Waals surface area contributed by atoms with Gasteiger partial charge in [0.2, 0.25) is 5.91 Å². The highest BCUT2D eigenvalue weighted by Gasteiger charge is 2.41. The zero-order chi connectivity index (χ0) is 30.1. The predicted molar refractivity (Wildman–Crippen MR) is 168 cm³/mol. The number of benzene rings is 2. The van der Waals surface area contributed by atoms with Crippen LogP contribution in [0.2, 0.25) is 0 Å². The number of pyridine rings is 1. The van der Waals surface area contributed by atoms with Crippen molar-refractivity contribution in [1.82, 2.24) is 19.8 Å². The average Bonchev–Trinajstić information content (AvgIpc) is 3.44. The molecule has 0 bridgehead atoms. The van der Waals surface area contributed by atoms with Gasteiger partial charge in [-0.05, 0) is 105 Å². The molecule has 3 heterocycles. The standard InChI is InChI=1S/C33H35N5O3S/c1-19-9-10-20(2)27(16-19)35-29(39)13-15-37-31(30(36-33(37)42)26-8-6-7-14-34-26)25-17-22(4)38(23(25)5)28-18-24(32(40)41)12-11-21(28)3/h6-12,14,16-18,30-31H,13,15H2,1-5H3,(H,35,39)(H,36,42)(H,40,41). The number of anilines is 1. The van der Waals surface area contributed by atoms with E-state index in [9.17, 15) is 14.7 Å². The molecule has 1 aliphatic rings.